The Morgan fingerprint density at radius 3 is 2.76 bits per heavy atom. The summed E-state index contributed by atoms with van der Waals surface area (Å²) >= 11 is 0. The molecule has 0 unspecified atom stereocenters. The highest BCUT2D eigenvalue weighted by molar-refractivity contribution is 7.89. The number of nitrogens with one attached hydrogen (secondary N) is 2. The topological polar surface area (TPSA) is 93.7 Å². The number of hydrogen-bond acceptors (Lipinski definition) is 5. The monoisotopic (exact) mass is 368 g/mol. The Balaban J connectivity index is 1.49. The third-order valence-corrected chi connectivity index (χ3v) is 6.14. The number of carbonyl (C=O) groups excluding carboxylic acids is 1. The minimum absolute atomic E-state index is 0.00307. The summed E-state index contributed by atoms with van der Waals surface area (Å²) in [6.45, 7) is 2.28. The van der Waals surface area contributed by atoms with Crippen LogP contribution in [0.2, 0.25) is 0 Å². The summed E-state index contributed by atoms with van der Waals surface area (Å²) < 4.78 is 37.6. The van der Waals surface area contributed by atoms with Gasteiger partial charge in [-0.3, -0.25) is 4.79 Å². The quantitative estimate of drug-likeness (QED) is 0.796. The molecule has 1 heterocycles. The Labute approximate surface area is 148 Å². The Morgan fingerprint density at radius 2 is 1.96 bits per heavy atom. The van der Waals surface area contributed by atoms with E-state index in [0.717, 1.165) is 25.7 Å². The standard InChI is InChI=1S/C17H24N2O5S/c1-12-4-2-3-5-14(12)19-25(21,22)9-8-18-17(20)13-6-7-15-16(10-13)24-11-23-15/h6-7,10,12,14,19H,2-5,8-9,11H2,1H3,(H,18,20)/t12-,14+/m0/s1. The van der Waals surface area contributed by atoms with Crippen LogP contribution in [-0.4, -0.2) is 39.5 Å². The molecule has 1 aliphatic heterocycles. The van der Waals surface area contributed by atoms with Gasteiger partial charge in [-0.05, 0) is 37.0 Å². The van der Waals surface area contributed by atoms with E-state index in [1.807, 2.05) is 0 Å². The van der Waals surface area contributed by atoms with Gasteiger partial charge in [0.25, 0.3) is 5.91 Å². The molecule has 138 valence electrons. The summed E-state index contributed by atoms with van der Waals surface area (Å²) in [5.74, 6) is 1.01. The molecule has 3 rings (SSSR count). The summed E-state index contributed by atoms with van der Waals surface area (Å²) in [6, 6.07) is 4.89. The maximum atomic E-state index is 12.2. The second-order valence-corrected chi connectivity index (χ2v) is 8.50. The number of sulfonamides is 1. The molecule has 2 aliphatic rings. The second kappa shape index (κ2) is 7.61. The first-order valence-corrected chi connectivity index (χ1v) is 10.3. The Bertz CT molecular complexity index is 735. The lowest BCUT2D eigenvalue weighted by Gasteiger charge is -2.29. The third-order valence-electron chi connectivity index (χ3n) is 4.73. The number of amides is 1. The molecule has 0 spiro atoms. The van der Waals surface area contributed by atoms with Crippen LogP contribution in [0.4, 0.5) is 0 Å². The van der Waals surface area contributed by atoms with Crippen molar-refractivity contribution in [1.29, 1.82) is 0 Å². The fraction of sp³-hybridized carbons (Fsp3) is 0.588. The van der Waals surface area contributed by atoms with E-state index in [9.17, 15) is 13.2 Å². The van der Waals surface area contributed by atoms with Crippen molar-refractivity contribution in [2.75, 3.05) is 19.1 Å². The number of carbonyl (C=O) groups is 1. The molecule has 0 aromatic heterocycles. The van der Waals surface area contributed by atoms with E-state index in [2.05, 4.69) is 17.0 Å². The highest BCUT2D eigenvalue weighted by atomic mass is 32.2. The van der Waals surface area contributed by atoms with Crippen molar-refractivity contribution in [3.05, 3.63) is 23.8 Å². The zero-order chi connectivity index (χ0) is 17.9. The molecule has 1 saturated carbocycles. The van der Waals surface area contributed by atoms with E-state index in [-0.39, 0.29) is 31.0 Å². The number of fused-ring (bicyclic) bond motifs is 1. The van der Waals surface area contributed by atoms with Crippen LogP contribution in [0.15, 0.2) is 18.2 Å². The second-order valence-electron chi connectivity index (χ2n) is 6.63. The molecular weight excluding hydrogens is 344 g/mol. The molecule has 1 aromatic carbocycles. The largest absolute Gasteiger partial charge is 0.454 e. The molecule has 25 heavy (non-hydrogen) atoms. The fourth-order valence-electron chi connectivity index (χ4n) is 3.22. The van der Waals surface area contributed by atoms with Crippen LogP contribution in [0, 0.1) is 5.92 Å². The molecule has 2 N–H and O–H groups in total. The van der Waals surface area contributed by atoms with Crippen LogP contribution in [0.25, 0.3) is 0 Å². The smallest absolute Gasteiger partial charge is 0.251 e. The lowest BCUT2D eigenvalue weighted by atomic mass is 9.87. The van der Waals surface area contributed by atoms with Crippen molar-refractivity contribution in [3.63, 3.8) is 0 Å². The maximum absolute atomic E-state index is 12.2. The van der Waals surface area contributed by atoms with Crippen molar-refractivity contribution in [3.8, 4) is 11.5 Å². The summed E-state index contributed by atoms with van der Waals surface area (Å²) in [5.41, 5.74) is 0.413. The molecule has 8 heteroatoms. The SMILES string of the molecule is C[C@H]1CCCC[C@H]1NS(=O)(=O)CCNC(=O)c1ccc2c(c1)OCO2. The van der Waals surface area contributed by atoms with Crippen LogP contribution < -0.4 is 19.5 Å². The highest BCUT2D eigenvalue weighted by Crippen LogP contribution is 2.32. The van der Waals surface area contributed by atoms with E-state index in [1.165, 1.54) is 0 Å². The molecule has 0 saturated heterocycles. The number of rotatable bonds is 6. The van der Waals surface area contributed by atoms with E-state index in [4.69, 9.17) is 9.47 Å². The van der Waals surface area contributed by atoms with Gasteiger partial charge in [-0.15, -0.1) is 0 Å². The summed E-state index contributed by atoms with van der Waals surface area (Å²) in [5, 5.41) is 2.64. The molecule has 1 aromatic rings. The van der Waals surface area contributed by atoms with Crippen molar-refractivity contribution >= 4 is 15.9 Å². The lowest BCUT2D eigenvalue weighted by Crippen LogP contribution is -2.43. The van der Waals surface area contributed by atoms with Gasteiger partial charge in [-0.25, -0.2) is 13.1 Å². The molecular formula is C17H24N2O5S. The molecule has 1 aliphatic carbocycles. The van der Waals surface area contributed by atoms with Gasteiger partial charge >= 0.3 is 0 Å². The van der Waals surface area contributed by atoms with Crippen molar-refractivity contribution in [2.24, 2.45) is 5.92 Å². The third kappa shape index (κ3) is 4.64. The first-order valence-electron chi connectivity index (χ1n) is 8.62. The predicted molar refractivity (Wildman–Crippen MR) is 93.2 cm³/mol. The summed E-state index contributed by atoms with van der Waals surface area (Å²) in [6.07, 6.45) is 4.14. The van der Waals surface area contributed by atoms with Gasteiger partial charge in [-0.1, -0.05) is 19.8 Å². The van der Waals surface area contributed by atoms with Crippen LogP contribution >= 0.6 is 0 Å². The molecule has 2 atom stereocenters. The highest BCUT2D eigenvalue weighted by Gasteiger charge is 2.25. The minimum atomic E-state index is -3.41. The van der Waals surface area contributed by atoms with Crippen LogP contribution in [-0.2, 0) is 10.0 Å². The molecule has 1 amide bonds. The first-order chi connectivity index (χ1) is 11.9. The van der Waals surface area contributed by atoms with E-state index < -0.39 is 10.0 Å². The van der Waals surface area contributed by atoms with E-state index in [0.29, 0.717) is 23.0 Å². The zero-order valence-corrected chi connectivity index (χ0v) is 15.1. The molecule has 0 bridgehead atoms. The molecule has 7 nitrogen and oxygen atoms in total. The molecule has 0 radical (unpaired) electrons. The van der Waals surface area contributed by atoms with Crippen LogP contribution in [0.3, 0.4) is 0 Å². The van der Waals surface area contributed by atoms with Crippen molar-refractivity contribution in [2.45, 2.75) is 38.6 Å². The fourth-order valence-corrected chi connectivity index (χ4v) is 4.52. The van der Waals surface area contributed by atoms with Gasteiger partial charge in [0.15, 0.2) is 11.5 Å². The van der Waals surface area contributed by atoms with Crippen molar-refractivity contribution in [1.82, 2.24) is 10.0 Å². The van der Waals surface area contributed by atoms with Gasteiger partial charge in [0.2, 0.25) is 16.8 Å². The number of hydrogen-bond donors (Lipinski definition) is 2. The van der Waals surface area contributed by atoms with E-state index in [1.54, 1.807) is 18.2 Å². The van der Waals surface area contributed by atoms with Gasteiger partial charge in [0.05, 0.1) is 5.75 Å². The van der Waals surface area contributed by atoms with Crippen LogP contribution in [0.5, 0.6) is 11.5 Å². The summed E-state index contributed by atoms with van der Waals surface area (Å²) in [4.78, 5) is 12.1. The average Bonchev–Trinajstić information content (AvgIpc) is 3.04. The van der Waals surface area contributed by atoms with Gasteiger partial charge in [0.1, 0.15) is 0 Å². The lowest BCUT2D eigenvalue weighted by molar-refractivity contribution is 0.0955. The zero-order valence-electron chi connectivity index (χ0n) is 14.3. The van der Waals surface area contributed by atoms with E-state index >= 15 is 0 Å². The van der Waals surface area contributed by atoms with Gasteiger partial charge in [-0.2, -0.15) is 0 Å². The predicted octanol–water partition coefficient (Wildman–Crippen LogP) is 1.64. The minimum Gasteiger partial charge on any atom is -0.454 e. The molecule has 1 fully saturated rings. The van der Waals surface area contributed by atoms with Crippen LogP contribution in [0.1, 0.15) is 43.0 Å². The van der Waals surface area contributed by atoms with Gasteiger partial charge in [0, 0.05) is 18.2 Å². The Morgan fingerprint density at radius 1 is 1.20 bits per heavy atom. The number of ether oxygens (including phenoxy) is 2. The number of benzene rings is 1. The van der Waals surface area contributed by atoms with Gasteiger partial charge < -0.3 is 14.8 Å². The average molecular weight is 368 g/mol. The normalized spacial score (nSPS) is 22.6. The maximum Gasteiger partial charge on any atom is 0.251 e. The Kier molecular flexibility index (Phi) is 5.48. The van der Waals surface area contributed by atoms with Crippen molar-refractivity contribution < 1.29 is 22.7 Å². The first kappa shape index (κ1) is 18.0. The summed E-state index contributed by atoms with van der Waals surface area (Å²) in [7, 11) is -3.41. The Hall–Kier alpha value is -1.80.